The third-order valence-corrected chi connectivity index (χ3v) is 3.47. The maximum absolute atomic E-state index is 11.4. The Labute approximate surface area is 123 Å². The number of aliphatic hydroxyl groups excluding tert-OH is 2. The van der Waals surface area contributed by atoms with Crippen LogP contribution < -0.4 is 5.32 Å². The second-order valence-corrected chi connectivity index (χ2v) is 5.90. The zero-order chi connectivity index (χ0) is 16.3. The number of carbonyl (C=O) groups is 1. The molecule has 10 heteroatoms. The summed E-state index contributed by atoms with van der Waals surface area (Å²) in [5.41, 5.74) is 0. The molecule has 21 heavy (non-hydrogen) atoms. The summed E-state index contributed by atoms with van der Waals surface area (Å²) in [7, 11) is -4.47. The lowest BCUT2D eigenvalue weighted by atomic mass is 10.2. The maximum Gasteiger partial charge on any atom is 0.472 e. The van der Waals surface area contributed by atoms with Gasteiger partial charge in [-0.1, -0.05) is 19.8 Å². The van der Waals surface area contributed by atoms with Crippen LogP contribution in [0.4, 0.5) is 0 Å². The van der Waals surface area contributed by atoms with Gasteiger partial charge >= 0.3 is 13.8 Å². The van der Waals surface area contributed by atoms with Gasteiger partial charge in [0.1, 0.15) is 12.1 Å². The summed E-state index contributed by atoms with van der Waals surface area (Å²) < 4.78 is 20.4. The molecule has 0 aromatic carbocycles. The van der Waals surface area contributed by atoms with E-state index in [1.807, 2.05) is 6.92 Å². The first-order valence-electron chi connectivity index (χ1n) is 6.69. The van der Waals surface area contributed by atoms with Crippen molar-refractivity contribution in [3.63, 3.8) is 0 Å². The minimum Gasteiger partial charge on any atom is -0.480 e. The topological polar surface area (TPSA) is 146 Å². The van der Waals surface area contributed by atoms with E-state index in [0.717, 1.165) is 19.3 Å². The summed E-state index contributed by atoms with van der Waals surface area (Å²) in [6.45, 7) is 0.694. The smallest absolute Gasteiger partial charge is 0.472 e. The summed E-state index contributed by atoms with van der Waals surface area (Å²) in [4.78, 5) is 20.3. The predicted octanol–water partition coefficient (Wildman–Crippen LogP) is -0.294. The molecule has 0 saturated carbocycles. The van der Waals surface area contributed by atoms with Crippen molar-refractivity contribution < 1.29 is 38.6 Å². The van der Waals surface area contributed by atoms with Gasteiger partial charge in [-0.15, -0.1) is 0 Å². The van der Waals surface area contributed by atoms with E-state index in [0.29, 0.717) is 6.54 Å². The van der Waals surface area contributed by atoms with E-state index in [-0.39, 0.29) is 0 Å². The fourth-order valence-corrected chi connectivity index (χ4v) is 2.08. The Bertz CT molecular complexity index is 340. The molecule has 0 heterocycles. The standard InChI is InChI=1S/C11H24NO8P/c1-2-3-4-5-12-10(11(15)16)8-20-21(17,18)19-7-9(14)6-13/h9-10,12-14H,2-8H2,1H3,(H,15,16)(H,17,18). The minimum atomic E-state index is -4.47. The fraction of sp³-hybridized carbons (Fsp3) is 0.909. The SMILES string of the molecule is CCCCCNC(COP(=O)(O)OCC(O)CO)C(=O)O. The summed E-state index contributed by atoms with van der Waals surface area (Å²) in [6, 6.07) is -1.13. The van der Waals surface area contributed by atoms with Crippen molar-refractivity contribution in [2.24, 2.45) is 0 Å². The summed E-state index contributed by atoms with van der Waals surface area (Å²) in [5.74, 6) is -1.21. The number of aliphatic carboxylic acids is 1. The molecular weight excluding hydrogens is 305 g/mol. The second kappa shape index (κ2) is 11.1. The number of phosphoric acid groups is 1. The molecule has 0 saturated heterocycles. The van der Waals surface area contributed by atoms with Gasteiger partial charge in [0.15, 0.2) is 0 Å². The number of phosphoric ester groups is 1. The second-order valence-electron chi connectivity index (χ2n) is 4.45. The van der Waals surface area contributed by atoms with Crippen molar-refractivity contribution in [3.8, 4) is 0 Å². The van der Waals surface area contributed by atoms with Gasteiger partial charge in [0.25, 0.3) is 0 Å². The lowest BCUT2D eigenvalue weighted by Gasteiger charge is -2.18. The first-order valence-corrected chi connectivity index (χ1v) is 8.19. The van der Waals surface area contributed by atoms with Crippen LogP contribution in [-0.4, -0.2) is 64.7 Å². The van der Waals surface area contributed by atoms with E-state index in [2.05, 4.69) is 14.4 Å². The largest absolute Gasteiger partial charge is 0.480 e. The number of rotatable bonds is 13. The predicted molar refractivity (Wildman–Crippen MR) is 73.8 cm³/mol. The summed E-state index contributed by atoms with van der Waals surface area (Å²) >= 11 is 0. The van der Waals surface area contributed by atoms with Crippen LogP contribution in [0.5, 0.6) is 0 Å². The number of carboxylic acid groups (broad SMARTS) is 1. The Morgan fingerprint density at radius 3 is 2.43 bits per heavy atom. The molecule has 3 atom stereocenters. The zero-order valence-electron chi connectivity index (χ0n) is 12.0. The molecule has 0 aliphatic heterocycles. The van der Waals surface area contributed by atoms with Crippen LogP contribution in [-0.2, 0) is 18.4 Å². The van der Waals surface area contributed by atoms with E-state index in [4.69, 9.17) is 15.3 Å². The number of nitrogens with one attached hydrogen (secondary N) is 1. The number of hydrogen-bond donors (Lipinski definition) is 5. The Kier molecular flexibility index (Phi) is 10.8. The molecule has 126 valence electrons. The van der Waals surface area contributed by atoms with E-state index in [9.17, 15) is 14.3 Å². The van der Waals surface area contributed by atoms with Crippen LogP contribution in [0.2, 0.25) is 0 Å². The normalized spacial score (nSPS) is 17.1. The van der Waals surface area contributed by atoms with Crippen LogP contribution in [0.15, 0.2) is 0 Å². The van der Waals surface area contributed by atoms with Gasteiger partial charge in [0, 0.05) is 0 Å². The first kappa shape index (κ1) is 20.5. The van der Waals surface area contributed by atoms with Crippen molar-refractivity contribution in [2.75, 3.05) is 26.4 Å². The molecule has 0 aliphatic rings. The van der Waals surface area contributed by atoms with Crippen LogP contribution >= 0.6 is 7.82 Å². The molecule has 0 spiro atoms. The monoisotopic (exact) mass is 329 g/mol. The van der Waals surface area contributed by atoms with Gasteiger partial charge in [-0.05, 0) is 13.0 Å². The number of carboxylic acids is 1. The Balaban J connectivity index is 4.15. The van der Waals surface area contributed by atoms with Gasteiger partial charge in [0.05, 0.1) is 19.8 Å². The highest BCUT2D eigenvalue weighted by Crippen LogP contribution is 2.43. The van der Waals surface area contributed by atoms with Crippen molar-refractivity contribution >= 4 is 13.8 Å². The molecule has 0 aromatic heterocycles. The van der Waals surface area contributed by atoms with Crippen LogP contribution in [0.1, 0.15) is 26.2 Å². The molecule has 0 radical (unpaired) electrons. The third kappa shape index (κ3) is 10.8. The van der Waals surface area contributed by atoms with E-state index >= 15 is 0 Å². The highest BCUT2D eigenvalue weighted by atomic mass is 31.2. The van der Waals surface area contributed by atoms with Gasteiger partial charge in [-0.3, -0.25) is 13.8 Å². The molecular formula is C11H24NO8P. The molecule has 0 amide bonds. The van der Waals surface area contributed by atoms with E-state index in [1.165, 1.54) is 0 Å². The third-order valence-electron chi connectivity index (χ3n) is 2.51. The van der Waals surface area contributed by atoms with Crippen molar-refractivity contribution in [2.45, 2.75) is 38.3 Å². The molecule has 0 rings (SSSR count). The first-order chi connectivity index (χ1) is 9.82. The van der Waals surface area contributed by atoms with Crippen molar-refractivity contribution in [3.05, 3.63) is 0 Å². The lowest BCUT2D eigenvalue weighted by molar-refractivity contribution is -0.140. The number of hydrogen-bond acceptors (Lipinski definition) is 7. The molecule has 9 nitrogen and oxygen atoms in total. The quantitative estimate of drug-likeness (QED) is 0.227. The average Bonchev–Trinajstić information content (AvgIpc) is 2.43. The highest BCUT2D eigenvalue weighted by Gasteiger charge is 2.26. The van der Waals surface area contributed by atoms with E-state index < -0.39 is 45.8 Å². The van der Waals surface area contributed by atoms with E-state index in [1.54, 1.807) is 0 Å². The molecule has 0 aromatic rings. The van der Waals surface area contributed by atoms with Crippen molar-refractivity contribution in [1.29, 1.82) is 0 Å². The average molecular weight is 329 g/mol. The van der Waals surface area contributed by atoms with Gasteiger partial charge < -0.3 is 25.5 Å². The molecule has 0 fully saturated rings. The van der Waals surface area contributed by atoms with Crippen LogP contribution in [0, 0.1) is 0 Å². The van der Waals surface area contributed by atoms with Crippen molar-refractivity contribution in [1.82, 2.24) is 5.32 Å². The highest BCUT2D eigenvalue weighted by molar-refractivity contribution is 7.47. The summed E-state index contributed by atoms with van der Waals surface area (Å²) in [6.07, 6.45) is 1.41. The maximum atomic E-state index is 11.4. The fourth-order valence-electron chi connectivity index (χ4n) is 1.31. The summed E-state index contributed by atoms with van der Waals surface area (Å²) in [5, 5.41) is 29.2. The van der Waals surface area contributed by atoms with Gasteiger partial charge in [-0.2, -0.15) is 0 Å². The minimum absolute atomic E-state index is 0.452. The molecule has 0 bridgehead atoms. The Hall–Kier alpha value is -0.540. The molecule has 5 N–H and O–H groups in total. The zero-order valence-corrected chi connectivity index (χ0v) is 12.9. The van der Waals surface area contributed by atoms with Gasteiger partial charge in [-0.25, -0.2) is 4.57 Å². The lowest BCUT2D eigenvalue weighted by Crippen LogP contribution is -2.40. The number of aliphatic hydroxyl groups is 2. The van der Waals surface area contributed by atoms with Crippen LogP contribution in [0.25, 0.3) is 0 Å². The van der Waals surface area contributed by atoms with Crippen LogP contribution in [0.3, 0.4) is 0 Å². The Morgan fingerprint density at radius 1 is 1.29 bits per heavy atom. The Morgan fingerprint density at radius 2 is 1.90 bits per heavy atom. The molecule has 3 unspecified atom stereocenters. The number of unbranched alkanes of at least 4 members (excludes halogenated alkanes) is 2. The molecule has 0 aliphatic carbocycles. The van der Waals surface area contributed by atoms with Gasteiger partial charge in [0.2, 0.25) is 0 Å².